The van der Waals surface area contributed by atoms with Gasteiger partial charge in [0.15, 0.2) is 0 Å². The highest BCUT2D eigenvalue weighted by Crippen LogP contribution is 2.32. The number of carbonyl (C=O) groups is 1. The molecule has 0 radical (unpaired) electrons. The van der Waals surface area contributed by atoms with E-state index in [1.165, 1.54) is 12.1 Å². The Balaban J connectivity index is 1.71. The van der Waals surface area contributed by atoms with Gasteiger partial charge in [-0.05, 0) is 48.2 Å². The number of rotatable bonds is 3. The minimum atomic E-state index is -0.272. The van der Waals surface area contributed by atoms with Crippen molar-refractivity contribution in [3.63, 3.8) is 0 Å². The molecule has 5 heteroatoms. The van der Waals surface area contributed by atoms with Gasteiger partial charge in [-0.15, -0.1) is 0 Å². The zero-order valence-corrected chi connectivity index (χ0v) is 12.7. The zero-order valence-electron chi connectivity index (χ0n) is 12.7. The van der Waals surface area contributed by atoms with Crippen molar-refractivity contribution >= 4 is 11.7 Å². The summed E-state index contributed by atoms with van der Waals surface area (Å²) in [6, 6.07) is 13.2. The lowest BCUT2D eigenvalue weighted by Crippen LogP contribution is -2.34. The Labute approximate surface area is 134 Å². The second-order valence-electron chi connectivity index (χ2n) is 5.69. The van der Waals surface area contributed by atoms with E-state index in [9.17, 15) is 9.18 Å². The molecule has 2 aromatic carbocycles. The first kappa shape index (κ1) is 15.5. The normalized spacial score (nSPS) is 17.3. The highest BCUT2D eigenvalue weighted by molar-refractivity contribution is 5.89. The predicted molar refractivity (Wildman–Crippen MR) is 86.5 cm³/mol. The quantitative estimate of drug-likeness (QED) is 0.908. The fourth-order valence-electron chi connectivity index (χ4n) is 2.93. The van der Waals surface area contributed by atoms with Gasteiger partial charge in [-0.1, -0.05) is 24.3 Å². The van der Waals surface area contributed by atoms with Crippen LogP contribution in [0.3, 0.4) is 0 Å². The van der Waals surface area contributed by atoms with Crippen LogP contribution in [0, 0.1) is 5.82 Å². The lowest BCUT2D eigenvalue weighted by molar-refractivity contribution is 0.207. The van der Waals surface area contributed by atoms with Crippen molar-refractivity contribution < 1.29 is 14.3 Å². The molecule has 2 amide bonds. The largest absolute Gasteiger partial charge is 0.392 e. The summed E-state index contributed by atoms with van der Waals surface area (Å²) in [5, 5.41) is 11.9. The molecular formula is C18H19FN2O2. The Morgan fingerprint density at radius 2 is 1.87 bits per heavy atom. The first-order chi connectivity index (χ1) is 11.2. The van der Waals surface area contributed by atoms with Crippen LogP contribution in [0.5, 0.6) is 0 Å². The molecule has 120 valence electrons. The van der Waals surface area contributed by atoms with Crippen molar-refractivity contribution in [1.29, 1.82) is 0 Å². The molecule has 2 aromatic rings. The van der Waals surface area contributed by atoms with Crippen LogP contribution in [-0.2, 0) is 6.61 Å². The summed E-state index contributed by atoms with van der Waals surface area (Å²) in [5.41, 5.74) is 2.44. The van der Waals surface area contributed by atoms with Gasteiger partial charge in [0.25, 0.3) is 0 Å². The van der Waals surface area contributed by atoms with Crippen molar-refractivity contribution in [1.82, 2.24) is 4.90 Å². The van der Waals surface area contributed by atoms with E-state index in [0.29, 0.717) is 12.2 Å². The molecule has 0 bridgehead atoms. The van der Waals surface area contributed by atoms with Gasteiger partial charge in [0.1, 0.15) is 5.82 Å². The maximum absolute atomic E-state index is 13.1. The number of aliphatic hydroxyl groups excluding tert-OH is 1. The number of nitrogens with zero attached hydrogens (tertiary/aromatic N) is 1. The minimum Gasteiger partial charge on any atom is -0.392 e. The second-order valence-corrected chi connectivity index (χ2v) is 5.69. The molecule has 4 nitrogen and oxygen atoms in total. The lowest BCUT2D eigenvalue weighted by atomic mass is 10.0. The van der Waals surface area contributed by atoms with Gasteiger partial charge >= 0.3 is 6.03 Å². The van der Waals surface area contributed by atoms with Crippen LogP contribution in [0.1, 0.15) is 30.0 Å². The van der Waals surface area contributed by atoms with Gasteiger partial charge in [0.2, 0.25) is 0 Å². The predicted octanol–water partition coefficient (Wildman–Crippen LogP) is 3.69. The van der Waals surface area contributed by atoms with Crippen LogP contribution in [0.2, 0.25) is 0 Å². The number of amides is 2. The molecule has 23 heavy (non-hydrogen) atoms. The van der Waals surface area contributed by atoms with Gasteiger partial charge in [-0.25, -0.2) is 9.18 Å². The monoisotopic (exact) mass is 314 g/mol. The lowest BCUT2D eigenvalue weighted by Gasteiger charge is -2.25. The smallest absolute Gasteiger partial charge is 0.322 e. The topological polar surface area (TPSA) is 52.6 Å². The first-order valence-electron chi connectivity index (χ1n) is 7.70. The molecule has 1 unspecified atom stereocenters. The van der Waals surface area contributed by atoms with E-state index in [1.54, 1.807) is 41.3 Å². The second kappa shape index (κ2) is 6.79. The van der Waals surface area contributed by atoms with E-state index in [0.717, 1.165) is 24.0 Å². The molecule has 0 aromatic heterocycles. The molecule has 1 heterocycles. The number of urea groups is 1. The van der Waals surface area contributed by atoms with Crippen molar-refractivity contribution in [2.45, 2.75) is 25.5 Å². The fourth-order valence-corrected chi connectivity index (χ4v) is 2.93. The van der Waals surface area contributed by atoms with Crippen LogP contribution >= 0.6 is 0 Å². The summed E-state index contributed by atoms with van der Waals surface area (Å²) in [6.07, 6.45) is 1.81. The number of hydrogen-bond donors (Lipinski definition) is 2. The van der Waals surface area contributed by atoms with Crippen LogP contribution in [-0.4, -0.2) is 22.6 Å². The van der Waals surface area contributed by atoms with Gasteiger partial charge in [-0.3, -0.25) is 0 Å². The summed E-state index contributed by atoms with van der Waals surface area (Å²) < 4.78 is 13.1. The van der Waals surface area contributed by atoms with Gasteiger partial charge in [0.05, 0.1) is 12.6 Å². The van der Waals surface area contributed by atoms with Gasteiger partial charge in [-0.2, -0.15) is 0 Å². The van der Waals surface area contributed by atoms with Crippen LogP contribution < -0.4 is 5.32 Å². The standard InChI is InChI=1S/C18H19FN2O2/c19-15-7-5-14(6-8-15)17-2-1-11-21(17)18(23)20-16-9-3-13(12-22)4-10-16/h3-10,17,22H,1-2,11-12H2,(H,20,23). The molecular weight excluding hydrogens is 295 g/mol. The Morgan fingerprint density at radius 1 is 1.17 bits per heavy atom. The average molecular weight is 314 g/mol. The number of nitrogens with one attached hydrogen (secondary N) is 1. The van der Waals surface area contributed by atoms with Crippen LogP contribution in [0.25, 0.3) is 0 Å². The molecule has 1 saturated heterocycles. The number of halogens is 1. The molecule has 0 saturated carbocycles. The summed E-state index contributed by atoms with van der Waals surface area (Å²) in [6.45, 7) is 0.662. The summed E-state index contributed by atoms with van der Waals surface area (Å²) in [7, 11) is 0. The van der Waals surface area contributed by atoms with E-state index in [-0.39, 0.29) is 24.5 Å². The van der Waals surface area contributed by atoms with E-state index < -0.39 is 0 Å². The zero-order chi connectivity index (χ0) is 16.2. The Kier molecular flexibility index (Phi) is 4.57. The van der Waals surface area contributed by atoms with Crippen LogP contribution in [0.4, 0.5) is 14.9 Å². The van der Waals surface area contributed by atoms with E-state index >= 15 is 0 Å². The molecule has 0 aliphatic carbocycles. The highest BCUT2D eigenvalue weighted by atomic mass is 19.1. The van der Waals surface area contributed by atoms with E-state index in [2.05, 4.69) is 5.32 Å². The average Bonchev–Trinajstić information content (AvgIpc) is 3.06. The summed E-state index contributed by atoms with van der Waals surface area (Å²) in [5.74, 6) is -0.272. The molecule has 2 N–H and O–H groups in total. The van der Waals surface area contributed by atoms with E-state index in [1.807, 2.05) is 0 Å². The number of likely N-dealkylation sites (tertiary alicyclic amines) is 1. The Hall–Kier alpha value is -2.40. The number of anilines is 1. The molecule has 0 spiro atoms. The van der Waals surface area contributed by atoms with Crippen molar-refractivity contribution in [2.75, 3.05) is 11.9 Å². The minimum absolute atomic E-state index is 0.0208. The fraction of sp³-hybridized carbons (Fsp3) is 0.278. The van der Waals surface area contributed by atoms with Crippen molar-refractivity contribution in [3.8, 4) is 0 Å². The molecule has 1 fully saturated rings. The third kappa shape index (κ3) is 3.51. The Morgan fingerprint density at radius 3 is 2.52 bits per heavy atom. The molecule has 3 rings (SSSR count). The van der Waals surface area contributed by atoms with Gasteiger partial charge in [0, 0.05) is 12.2 Å². The highest BCUT2D eigenvalue weighted by Gasteiger charge is 2.29. The number of benzene rings is 2. The van der Waals surface area contributed by atoms with E-state index in [4.69, 9.17) is 5.11 Å². The molecule has 1 aliphatic rings. The van der Waals surface area contributed by atoms with Gasteiger partial charge < -0.3 is 15.3 Å². The molecule has 1 aliphatic heterocycles. The van der Waals surface area contributed by atoms with Crippen molar-refractivity contribution in [2.24, 2.45) is 0 Å². The maximum atomic E-state index is 13.1. The maximum Gasteiger partial charge on any atom is 0.322 e. The summed E-state index contributed by atoms with van der Waals surface area (Å²) in [4.78, 5) is 14.3. The SMILES string of the molecule is O=C(Nc1ccc(CO)cc1)N1CCCC1c1ccc(F)cc1. The number of carbonyl (C=O) groups excluding carboxylic acids is 1. The first-order valence-corrected chi connectivity index (χ1v) is 7.70. The number of aliphatic hydroxyl groups is 1. The van der Waals surface area contributed by atoms with Crippen molar-refractivity contribution in [3.05, 3.63) is 65.5 Å². The molecule has 1 atom stereocenters. The van der Waals surface area contributed by atoms with Crippen LogP contribution in [0.15, 0.2) is 48.5 Å². The Bertz CT molecular complexity index is 670. The third-order valence-corrected chi connectivity index (χ3v) is 4.16. The third-order valence-electron chi connectivity index (χ3n) is 4.16. The number of hydrogen-bond acceptors (Lipinski definition) is 2. The summed E-state index contributed by atoms with van der Waals surface area (Å²) >= 11 is 0.